The molecule has 148 valence electrons. The van der Waals surface area contributed by atoms with E-state index >= 15 is 0 Å². The molecular weight excluding hydrogens is 374 g/mol. The fourth-order valence-corrected chi connectivity index (χ4v) is 3.85. The standard InChI is InChI=1S/C21H25N3O3S/c1-6-15(22-5)16-12-28-19(23-16)18(25)14-11-24(20(26)27-21(2,3)4)17-10-8-7-9-13(14)17/h7-12,18,25H,6H2,1-5H3. The molecule has 28 heavy (non-hydrogen) atoms. The van der Waals surface area contributed by atoms with E-state index in [-0.39, 0.29) is 0 Å². The number of aliphatic hydroxyl groups excluding tert-OH is 1. The molecule has 1 N–H and O–H groups in total. The third kappa shape index (κ3) is 4.00. The number of nitrogens with zero attached hydrogens (tertiary/aromatic N) is 3. The van der Waals surface area contributed by atoms with Gasteiger partial charge in [0, 0.05) is 29.6 Å². The number of carbonyl (C=O) groups is 1. The predicted molar refractivity (Wildman–Crippen MR) is 112 cm³/mol. The zero-order chi connectivity index (χ0) is 20.5. The maximum atomic E-state index is 12.6. The van der Waals surface area contributed by atoms with Gasteiger partial charge in [-0.1, -0.05) is 25.1 Å². The number of aromatic nitrogens is 2. The van der Waals surface area contributed by atoms with Crippen molar-refractivity contribution in [3.63, 3.8) is 0 Å². The third-order valence-corrected chi connectivity index (χ3v) is 5.18. The third-order valence-electron chi connectivity index (χ3n) is 4.28. The Bertz CT molecular complexity index is 1030. The van der Waals surface area contributed by atoms with Gasteiger partial charge in [0.25, 0.3) is 0 Å². The van der Waals surface area contributed by atoms with E-state index in [9.17, 15) is 9.90 Å². The molecule has 0 saturated carbocycles. The van der Waals surface area contributed by atoms with E-state index in [0.717, 1.165) is 23.2 Å². The van der Waals surface area contributed by atoms with Gasteiger partial charge in [0.05, 0.1) is 16.9 Å². The molecule has 0 aliphatic heterocycles. The summed E-state index contributed by atoms with van der Waals surface area (Å²) in [6.45, 7) is 7.49. The molecule has 3 rings (SSSR count). The predicted octanol–water partition coefficient (Wildman–Crippen LogP) is 4.79. The molecule has 0 saturated heterocycles. The summed E-state index contributed by atoms with van der Waals surface area (Å²) in [7, 11) is 1.74. The Morgan fingerprint density at radius 2 is 2.07 bits per heavy atom. The van der Waals surface area contributed by atoms with Crippen LogP contribution in [-0.4, -0.2) is 39.1 Å². The summed E-state index contributed by atoms with van der Waals surface area (Å²) in [6.07, 6.45) is 0.989. The van der Waals surface area contributed by atoms with E-state index < -0.39 is 17.8 Å². The fourth-order valence-electron chi connectivity index (χ4n) is 3.02. The van der Waals surface area contributed by atoms with E-state index in [2.05, 4.69) is 9.98 Å². The largest absolute Gasteiger partial charge is 0.443 e. The zero-order valence-corrected chi connectivity index (χ0v) is 17.6. The number of thiazole rings is 1. The lowest BCUT2D eigenvalue weighted by Gasteiger charge is -2.19. The summed E-state index contributed by atoms with van der Waals surface area (Å²) in [5, 5.41) is 14.3. The molecule has 0 radical (unpaired) electrons. The number of aliphatic imine (C=N–C) groups is 1. The Balaban J connectivity index is 2.03. The lowest BCUT2D eigenvalue weighted by molar-refractivity contribution is 0.0544. The van der Waals surface area contributed by atoms with Gasteiger partial charge in [-0.25, -0.2) is 9.78 Å². The highest BCUT2D eigenvalue weighted by atomic mass is 32.1. The van der Waals surface area contributed by atoms with E-state index in [1.807, 2.05) is 57.3 Å². The molecular formula is C21H25N3O3S. The van der Waals surface area contributed by atoms with Gasteiger partial charge in [-0.2, -0.15) is 0 Å². The van der Waals surface area contributed by atoms with Crippen molar-refractivity contribution in [2.45, 2.75) is 45.8 Å². The molecule has 2 heterocycles. The Labute approximate surface area is 168 Å². The SMILES string of the molecule is CCC(=NC)c1csc(C(O)c2cn(C(=O)OC(C)(C)C)c3ccccc23)n1. The highest BCUT2D eigenvalue weighted by molar-refractivity contribution is 7.10. The smallest absolute Gasteiger partial charge is 0.419 e. The number of hydrogen-bond donors (Lipinski definition) is 1. The fraction of sp³-hybridized carbons (Fsp3) is 0.381. The average Bonchev–Trinajstić information content (AvgIpc) is 3.26. The minimum atomic E-state index is -0.942. The molecule has 0 bridgehead atoms. The normalized spacial score (nSPS) is 13.7. The Kier molecular flexibility index (Phi) is 5.67. The summed E-state index contributed by atoms with van der Waals surface area (Å²) in [4.78, 5) is 21.5. The Hall–Kier alpha value is -2.51. The second kappa shape index (κ2) is 7.85. The first kappa shape index (κ1) is 20.2. The van der Waals surface area contributed by atoms with Crippen LogP contribution in [0.3, 0.4) is 0 Å². The lowest BCUT2D eigenvalue weighted by Crippen LogP contribution is -2.26. The highest BCUT2D eigenvalue weighted by Crippen LogP contribution is 2.32. The molecule has 1 unspecified atom stereocenters. The van der Waals surface area contributed by atoms with Crippen LogP contribution in [0.25, 0.3) is 10.9 Å². The molecule has 0 amide bonds. The number of hydrogen-bond acceptors (Lipinski definition) is 6. The number of fused-ring (bicyclic) bond motifs is 1. The number of carbonyl (C=O) groups excluding carboxylic acids is 1. The van der Waals surface area contributed by atoms with Crippen LogP contribution in [0.15, 0.2) is 40.8 Å². The van der Waals surface area contributed by atoms with Gasteiger partial charge in [0.2, 0.25) is 0 Å². The van der Waals surface area contributed by atoms with Crippen LogP contribution in [0.2, 0.25) is 0 Å². The van der Waals surface area contributed by atoms with Crippen LogP contribution >= 0.6 is 11.3 Å². The van der Waals surface area contributed by atoms with Gasteiger partial charge in [-0.3, -0.25) is 9.56 Å². The van der Waals surface area contributed by atoms with Gasteiger partial charge in [0.1, 0.15) is 16.7 Å². The van der Waals surface area contributed by atoms with Crippen LogP contribution in [0.1, 0.15) is 56.5 Å². The number of rotatable bonds is 4. The van der Waals surface area contributed by atoms with Gasteiger partial charge >= 0.3 is 6.09 Å². The minimum absolute atomic E-state index is 0.478. The number of ether oxygens (including phenoxy) is 1. The first-order chi connectivity index (χ1) is 13.2. The van der Waals surface area contributed by atoms with Crippen LogP contribution in [0.5, 0.6) is 0 Å². The van der Waals surface area contributed by atoms with Crippen molar-refractivity contribution in [3.05, 3.63) is 52.1 Å². The topological polar surface area (TPSA) is 76.7 Å². The van der Waals surface area contributed by atoms with Crippen LogP contribution in [0, 0.1) is 0 Å². The lowest BCUT2D eigenvalue weighted by atomic mass is 10.1. The molecule has 0 fully saturated rings. The molecule has 1 atom stereocenters. The van der Waals surface area contributed by atoms with Crippen LogP contribution < -0.4 is 0 Å². The van der Waals surface area contributed by atoms with Crippen molar-refractivity contribution in [1.82, 2.24) is 9.55 Å². The maximum Gasteiger partial charge on any atom is 0.419 e. The maximum absolute atomic E-state index is 12.6. The van der Waals surface area contributed by atoms with E-state index in [1.165, 1.54) is 15.9 Å². The second-order valence-corrected chi connectivity index (χ2v) is 8.34. The van der Waals surface area contributed by atoms with Gasteiger partial charge in [-0.05, 0) is 33.3 Å². The van der Waals surface area contributed by atoms with E-state index in [4.69, 9.17) is 4.74 Å². The Morgan fingerprint density at radius 3 is 2.71 bits per heavy atom. The number of aliphatic hydroxyl groups is 1. The number of benzene rings is 1. The van der Waals surface area contributed by atoms with Gasteiger partial charge in [-0.15, -0.1) is 11.3 Å². The summed E-state index contributed by atoms with van der Waals surface area (Å²) >= 11 is 1.38. The second-order valence-electron chi connectivity index (χ2n) is 7.45. The molecule has 3 aromatic rings. The molecule has 0 aliphatic rings. The monoisotopic (exact) mass is 399 g/mol. The molecule has 0 spiro atoms. The first-order valence-corrected chi connectivity index (χ1v) is 10.1. The summed E-state index contributed by atoms with van der Waals surface area (Å²) in [5.74, 6) is 0. The first-order valence-electron chi connectivity index (χ1n) is 9.18. The van der Waals surface area contributed by atoms with Crippen molar-refractivity contribution in [1.29, 1.82) is 0 Å². The number of para-hydroxylation sites is 1. The average molecular weight is 400 g/mol. The van der Waals surface area contributed by atoms with Gasteiger partial charge in [0.15, 0.2) is 0 Å². The van der Waals surface area contributed by atoms with E-state index in [1.54, 1.807) is 13.2 Å². The van der Waals surface area contributed by atoms with Crippen LogP contribution in [0.4, 0.5) is 4.79 Å². The van der Waals surface area contributed by atoms with Crippen molar-refractivity contribution in [2.75, 3.05) is 7.05 Å². The highest BCUT2D eigenvalue weighted by Gasteiger charge is 2.25. The molecule has 7 heteroatoms. The molecule has 2 aromatic heterocycles. The van der Waals surface area contributed by atoms with Crippen LogP contribution in [-0.2, 0) is 4.74 Å². The quantitative estimate of drug-likeness (QED) is 0.640. The van der Waals surface area contributed by atoms with Crippen molar-refractivity contribution in [2.24, 2.45) is 4.99 Å². The van der Waals surface area contributed by atoms with Crippen molar-refractivity contribution < 1.29 is 14.6 Å². The van der Waals surface area contributed by atoms with Gasteiger partial charge < -0.3 is 9.84 Å². The minimum Gasteiger partial charge on any atom is -0.443 e. The summed E-state index contributed by atoms with van der Waals surface area (Å²) in [5.41, 5.74) is 2.37. The molecule has 1 aromatic carbocycles. The van der Waals surface area contributed by atoms with Crippen molar-refractivity contribution >= 4 is 34.0 Å². The van der Waals surface area contributed by atoms with Crippen molar-refractivity contribution in [3.8, 4) is 0 Å². The molecule has 0 aliphatic carbocycles. The summed E-state index contributed by atoms with van der Waals surface area (Å²) < 4.78 is 6.95. The Morgan fingerprint density at radius 1 is 1.36 bits per heavy atom. The van der Waals surface area contributed by atoms with E-state index in [0.29, 0.717) is 16.1 Å². The zero-order valence-electron chi connectivity index (χ0n) is 16.8. The summed E-state index contributed by atoms with van der Waals surface area (Å²) in [6, 6.07) is 7.45. The molecule has 6 nitrogen and oxygen atoms in total.